The van der Waals surface area contributed by atoms with Crippen LogP contribution in [-0.2, 0) is 6.42 Å². The van der Waals surface area contributed by atoms with Crippen molar-refractivity contribution in [3.8, 4) is 10.6 Å². The number of benzene rings is 1. The molecule has 1 N–H and O–H groups in total. The molecule has 0 aliphatic heterocycles. The summed E-state index contributed by atoms with van der Waals surface area (Å²) < 4.78 is 1.05. The molecule has 1 unspecified atom stereocenters. The molecule has 1 heterocycles. The van der Waals surface area contributed by atoms with Crippen molar-refractivity contribution in [1.82, 2.24) is 4.98 Å². The first kappa shape index (κ1) is 13.3. The molecule has 1 aromatic heterocycles. The highest BCUT2D eigenvalue weighted by Gasteiger charge is 2.34. The van der Waals surface area contributed by atoms with Gasteiger partial charge in [0.1, 0.15) is 5.01 Å². The highest BCUT2D eigenvalue weighted by atomic mass is 79.9. The van der Waals surface area contributed by atoms with E-state index in [-0.39, 0.29) is 11.5 Å². The second kappa shape index (κ2) is 4.69. The van der Waals surface area contributed by atoms with E-state index < -0.39 is 0 Å². The zero-order chi connectivity index (χ0) is 13.6. The van der Waals surface area contributed by atoms with Crippen molar-refractivity contribution in [2.45, 2.75) is 32.8 Å². The Morgan fingerprint density at radius 2 is 2.11 bits per heavy atom. The number of halogens is 1. The maximum atomic E-state index is 10.3. The lowest BCUT2D eigenvalue weighted by atomic mass is 9.77. The fourth-order valence-corrected chi connectivity index (χ4v) is 4.35. The van der Waals surface area contributed by atoms with Gasteiger partial charge >= 0.3 is 0 Å². The summed E-state index contributed by atoms with van der Waals surface area (Å²) in [7, 11) is 0. The average molecular weight is 338 g/mol. The Kier molecular flexibility index (Phi) is 3.28. The molecule has 0 radical (unpaired) electrons. The average Bonchev–Trinajstić information content (AvgIpc) is 2.71. The molecule has 2 nitrogen and oxygen atoms in total. The summed E-state index contributed by atoms with van der Waals surface area (Å²) >= 11 is 5.19. The summed E-state index contributed by atoms with van der Waals surface area (Å²) in [5, 5.41) is 11.3. The van der Waals surface area contributed by atoms with Crippen LogP contribution in [0.25, 0.3) is 10.6 Å². The second-order valence-electron chi connectivity index (χ2n) is 5.87. The molecule has 0 saturated heterocycles. The van der Waals surface area contributed by atoms with Crippen molar-refractivity contribution in [3.05, 3.63) is 39.3 Å². The van der Waals surface area contributed by atoms with Gasteiger partial charge in [0.05, 0.1) is 16.7 Å². The molecule has 1 aliphatic rings. The van der Waals surface area contributed by atoms with E-state index in [0.717, 1.165) is 38.5 Å². The van der Waals surface area contributed by atoms with Crippen molar-refractivity contribution in [3.63, 3.8) is 0 Å². The fraction of sp³-hybridized carbons (Fsp3) is 0.400. The summed E-state index contributed by atoms with van der Waals surface area (Å²) in [6.07, 6.45) is 1.39. The topological polar surface area (TPSA) is 33.1 Å². The van der Waals surface area contributed by atoms with Crippen molar-refractivity contribution < 1.29 is 5.11 Å². The predicted octanol–water partition coefficient (Wildman–Crippen LogP) is 4.58. The van der Waals surface area contributed by atoms with Crippen LogP contribution in [0.15, 0.2) is 28.7 Å². The molecule has 0 spiro atoms. The molecule has 1 atom stereocenters. The lowest BCUT2D eigenvalue weighted by Gasteiger charge is -2.31. The first-order valence-corrected chi connectivity index (χ1v) is 8.00. The number of aromatic nitrogens is 1. The van der Waals surface area contributed by atoms with E-state index in [9.17, 15) is 5.11 Å². The molecule has 4 heteroatoms. The van der Waals surface area contributed by atoms with E-state index in [4.69, 9.17) is 4.98 Å². The minimum absolute atomic E-state index is 0.131. The first-order valence-electron chi connectivity index (χ1n) is 6.39. The first-order chi connectivity index (χ1) is 8.96. The number of fused-ring (bicyclic) bond motifs is 1. The zero-order valence-corrected chi connectivity index (χ0v) is 13.4. The van der Waals surface area contributed by atoms with Crippen LogP contribution in [0, 0.1) is 5.41 Å². The third kappa shape index (κ3) is 2.49. The fourth-order valence-electron chi connectivity index (χ4n) is 2.64. The van der Waals surface area contributed by atoms with E-state index in [1.165, 1.54) is 0 Å². The summed E-state index contributed by atoms with van der Waals surface area (Å²) in [6.45, 7) is 4.38. The monoisotopic (exact) mass is 337 g/mol. The van der Waals surface area contributed by atoms with Crippen LogP contribution in [-0.4, -0.2) is 10.1 Å². The van der Waals surface area contributed by atoms with Gasteiger partial charge in [0, 0.05) is 10.0 Å². The van der Waals surface area contributed by atoms with Gasteiger partial charge in [-0.1, -0.05) is 48.0 Å². The van der Waals surface area contributed by atoms with Gasteiger partial charge < -0.3 is 5.11 Å². The summed E-state index contributed by atoms with van der Waals surface area (Å²) in [5.41, 5.74) is 2.30. The molecule has 0 saturated carbocycles. The van der Waals surface area contributed by atoms with Crippen molar-refractivity contribution in [2.75, 3.05) is 0 Å². The van der Waals surface area contributed by atoms with Crippen LogP contribution in [0.1, 0.15) is 36.9 Å². The maximum Gasteiger partial charge on any atom is 0.125 e. The molecule has 19 heavy (non-hydrogen) atoms. The standard InChI is InChI=1S/C15H16BrNOS/c1-15(2)7-11-13(12(18)8-15)19-14(17-11)9-5-3-4-6-10(9)16/h3-6,12,18H,7-8H2,1-2H3. The predicted molar refractivity (Wildman–Crippen MR) is 82.3 cm³/mol. The normalized spacial score (nSPS) is 21.2. The van der Waals surface area contributed by atoms with Gasteiger partial charge in [-0.3, -0.25) is 0 Å². The Bertz CT molecular complexity index is 620. The van der Waals surface area contributed by atoms with Gasteiger partial charge in [0.15, 0.2) is 0 Å². The van der Waals surface area contributed by atoms with Crippen LogP contribution in [0.4, 0.5) is 0 Å². The van der Waals surface area contributed by atoms with Crippen LogP contribution >= 0.6 is 27.3 Å². The van der Waals surface area contributed by atoms with Gasteiger partial charge in [-0.05, 0) is 24.3 Å². The van der Waals surface area contributed by atoms with Gasteiger partial charge in [-0.15, -0.1) is 11.3 Å². The molecule has 0 amide bonds. The Balaban J connectivity index is 2.07. The molecule has 0 bridgehead atoms. The minimum atomic E-state index is -0.368. The van der Waals surface area contributed by atoms with Crippen molar-refractivity contribution in [2.24, 2.45) is 5.41 Å². The molecular weight excluding hydrogens is 322 g/mol. The van der Waals surface area contributed by atoms with E-state index in [1.807, 2.05) is 18.2 Å². The number of aliphatic hydroxyl groups excluding tert-OH is 1. The third-order valence-corrected chi connectivity index (χ3v) is 5.45. The molecule has 3 rings (SSSR count). The summed E-state index contributed by atoms with van der Waals surface area (Å²) in [6, 6.07) is 8.10. The zero-order valence-electron chi connectivity index (χ0n) is 11.0. The third-order valence-electron chi connectivity index (χ3n) is 3.53. The molecule has 2 aromatic rings. The van der Waals surface area contributed by atoms with E-state index in [2.05, 4.69) is 35.8 Å². The van der Waals surface area contributed by atoms with E-state index in [1.54, 1.807) is 11.3 Å². The number of hydrogen-bond donors (Lipinski definition) is 1. The van der Waals surface area contributed by atoms with Crippen LogP contribution in [0.2, 0.25) is 0 Å². The highest BCUT2D eigenvalue weighted by molar-refractivity contribution is 9.10. The lowest BCUT2D eigenvalue weighted by Crippen LogP contribution is -2.24. The summed E-state index contributed by atoms with van der Waals surface area (Å²) in [5.74, 6) is 0. The molecule has 1 aromatic carbocycles. The lowest BCUT2D eigenvalue weighted by molar-refractivity contribution is 0.102. The van der Waals surface area contributed by atoms with E-state index in [0.29, 0.717) is 0 Å². The second-order valence-corrected chi connectivity index (χ2v) is 7.76. The smallest absolute Gasteiger partial charge is 0.125 e. The number of aliphatic hydroxyl groups is 1. The van der Waals surface area contributed by atoms with Gasteiger partial charge in [-0.2, -0.15) is 0 Å². The molecule has 100 valence electrons. The molecule has 0 fully saturated rings. The Morgan fingerprint density at radius 1 is 1.37 bits per heavy atom. The largest absolute Gasteiger partial charge is 0.387 e. The summed E-state index contributed by atoms with van der Waals surface area (Å²) in [4.78, 5) is 5.80. The van der Waals surface area contributed by atoms with Gasteiger partial charge in [0.2, 0.25) is 0 Å². The minimum Gasteiger partial charge on any atom is -0.387 e. The van der Waals surface area contributed by atoms with Crippen LogP contribution in [0.5, 0.6) is 0 Å². The van der Waals surface area contributed by atoms with Crippen LogP contribution < -0.4 is 0 Å². The van der Waals surface area contributed by atoms with Crippen LogP contribution in [0.3, 0.4) is 0 Å². The molecular formula is C15H16BrNOS. The number of thiazole rings is 1. The van der Waals surface area contributed by atoms with E-state index >= 15 is 0 Å². The number of rotatable bonds is 1. The van der Waals surface area contributed by atoms with Crippen molar-refractivity contribution >= 4 is 27.3 Å². The Labute approximate surface area is 125 Å². The Hall–Kier alpha value is -0.710. The maximum absolute atomic E-state index is 10.3. The number of hydrogen-bond acceptors (Lipinski definition) is 3. The molecule has 1 aliphatic carbocycles. The van der Waals surface area contributed by atoms with Gasteiger partial charge in [0.25, 0.3) is 0 Å². The van der Waals surface area contributed by atoms with Crippen molar-refractivity contribution in [1.29, 1.82) is 0 Å². The Morgan fingerprint density at radius 3 is 2.84 bits per heavy atom. The SMILES string of the molecule is CC1(C)Cc2nc(-c3ccccc3Br)sc2C(O)C1. The van der Waals surface area contributed by atoms with Gasteiger partial charge in [-0.25, -0.2) is 4.98 Å². The highest BCUT2D eigenvalue weighted by Crippen LogP contribution is 2.45. The quantitative estimate of drug-likeness (QED) is 0.826. The number of nitrogens with zero attached hydrogens (tertiary/aromatic N) is 1.